The zero-order valence-corrected chi connectivity index (χ0v) is 11.5. The first-order valence-corrected chi connectivity index (χ1v) is 6.61. The SMILES string of the molecule is Cc1ccc(F)cc1CC(NN)C1CN(C)CCO1. The molecule has 0 amide bonds. The molecule has 0 spiro atoms. The molecule has 1 heterocycles. The average molecular weight is 267 g/mol. The Labute approximate surface area is 113 Å². The minimum atomic E-state index is -0.210. The van der Waals surface area contributed by atoms with Crippen LogP contribution in [-0.2, 0) is 11.2 Å². The van der Waals surface area contributed by atoms with Gasteiger partial charge in [0.2, 0.25) is 0 Å². The minimum Gasteiger partial charge on any atom is -0.374 e. The summed E-state index contributed by atoms with van der Waals surface area (Å²) in [5.41, 5.74) is 4.86. The summed E-state index contributed by atoms with van der Waals surface area (Å²) in [5.74, 6) is 5.43. The van der Waals surface area contributed by atoms with Crippen molar-refractivity contribution >= 4 is 0 Å². The Kier molecular flexibility index (Phi) is 4.87. The van der Waals surface area contributed by atoms with Gasteiger partial charge in [0.05, 0.1) is 18.8 Å². The Hall–Kier alpha value is -1.01. The number of ether oxygens (including phenoxy) is 1. The molecule has 0 aromatic heterocycles. The number of likely N-dealkylation sites (N-methyl/N-ethyl adjacent to an activating group) is 1. The molecule has 1 saturated heterocycles. The van der Waals surface area contributed by atoms with Gasteiger partial charge >= 0.3 is 0 Å². The number of nitrogens with one attached hydrogen (secondary N) is 1. The number of hydrogen-bond donors (Lipinski definition) is 2. The van der Waals surface area contributed by atoms with E-state index in [1.54, 1.807) is 12.1 Å². The molecule has 1 aliphatic heterocycles. The highest BCUT2D eigenvalue weighted by molar-refractivity contribution is 5.27. The number of hydrogen-bond acceptors (Lipinski definition) is 4. The van der Waals surface area contributed by atoms with Crippen molar-refractivity contribution in [2.24, 2.45) is 5.84 Å². The third-order valence-electron chi connectivity index (χ3n) is 3.71. The maximum absolute atomic E-state index is 13.3. The van der Waals surface area contributed by atoms with E-state index in [-0.39, 0.29) is 18.0 Å². The standard InChI is InChI=1S/C14H22FN3O/c1-10-3-4-12(15)7-11(10)8-13(17-16)14-9-18(2)5-6-19-14/h3-4,7,13-14,17H,5-6,8-9,16H2,1-2H3. The third-order valence-corrected chi connectivity index (χ3v) is 3.71. The predicted octanol–water partition coefficient (Wildman–Crippen LogP) is 0.839. The Morgan fingerprint density at radius 3 is 3.05 bits per heavy atom. The van der Waals surface area contributed by atoms with Crippen LogP contribution in [0, 0.1) is 12.7 Å². The molecule has 1 fully saturated rings. The molecule has 2 unspecified atom stereocenters. The molecule has 2 rings (SSSR count). The van der Waals surface area contributed by atoms with Gasteiger partial charge in [-0.2, -0.15) is 0 Å². The van der Waals surface area contributed by atoms with Gasteiger partial charge < -0.3 is 9.64 Å². The fourth-order valence-corrected chi connectivity index (χ4v) is 2.45. The zero-order chi connectivity index (χ0) is 13.8. The van der Waals surface area contributed by atoms with Gasteiger partial charge in [-0.05, 0) is 43.7 Å². The number of morpholine rings is 1. The number of nitrogens with zero attached hydrogens (tertiary/aromatic N) is 1. The molecule has 0 aliphatic carbocycles. The van der Waals surface area contributed by atoms with E-state index in [0.29, 0.717) is 13.0 Å². The van der Waals surface area contributed by atoms with Crippen molar-refractivity contribution in [3.63, 3.8) is 0 Å². The number of benzene rings is 1. The summed E-state index contributed by atoms with van der Waals surface area (Å²) < 4.78 is 19.1. The Morgan fingerprint density at radius 1 is 1.58 bits per heavy atom. The number of nitrogens with two attached hydrogens (primary N) is 1. The van der Waals surface area contributed by atoms with E-state index in [4.69, 9.17) is 10.6 Å². The van der Waals surface area contributed by atoms with Crippen molar-refractivity contribution in [3.8, 4) is 0 Å². The maximum Gasteiger partial charge on any atom is 0.123 e. The van der Waals surface area contributed by atoms with Crippen molar-refractivity contribution in [3.05, 3.63) is 35.1 Å². The van der Waals surface area contributed by atoms with Crippen LogP contribution in [0.25, 0.3) is 0 Å². The summed E-state index contributed by atoms with van der Waals surface area (Å²) in [7, 11) is 2.07. The molecule has 1 aromatic rings. The second kappa shape index (κ2) is 6.43. The quantitative estimate of drug-likeness (QED) is 0.627. The van der Waals surface area contributed by atoms with E-state index in [1.807, 2.05) is 6.92 Å². The lowest BCUT2D eigenvalue weighted by Gasteiger charge is -2.35. The van der Waals surface area contributed by atoms with Crippen LogP contribution < -0.4 is 11.3 Å². The largest absolute Gasteiger partial charge is 0.374 e. The van der Waals surface area contributed by atoms with Crippen LogP contribution in [0.5, 0.6) is 0 Å². The summed E-state index contributed by atoms with van der Waals surface area (Å²) in [6, 6.07) is 4.84. The van der Waals surface area contributed by atoms with Crippen LogP contribution in [0.1, 0.15) is 11.1 Å². The topological polar surface area (TPSA) is 50.5 Å². The van der Waals surface area contributed by atoms with Crippen LogP contribution in [0.3, 0.4) is 0 Å². The Bertz CT molecular complexity index is 427. The van der Waals surface area contributed by atoms with E-state index in [2.05, 4.69) is 17.4 Å². The normalized spacial score (nSPS) is 22.4. The monoisotopic (exact) mass is 267 g/mol. The number of rotatable bonds is 4. The summed E-state index contributed by atoms with van der Waals surface area (Å²) in [6.07, 6.45) is 0.699. The molecule has 5 heteroatoms. The van der Waals surface area contributed by atoms with Crippen LogP contribution >= 0.6 is 0 Å². The van der Waals surface area contributed by atoms with Gasteiger partial charge in [-0.15, -0.1) is 0 Å². The van der Waals surface area contributed by atoms with E-state index in [0.717, 1.165) is 24.2 Å². The fraction of sp³-hybridized carbons (Fsp3) is 0.571. The highest BCUT2D eigenvalue weighted by Crippen LogP contribution is 2.16. The maximum atomic E-state index is 13.3. The van der Waals surface area contributed by atoms with Crippen molar-refractivity contribution in [1.29, 1.82) is 0 Å². The van der Waals surface area contributed by atoms with Crippen LogP contribution in [0.4, 0.5) is 4.39 Å². The van der Waals surface area contributed by atoms with Crippen LogP contribution in [0.15, 0.2) is 18.2 Å². The molecule has 0 bridgehead atoms. The fourth-order valence-electron chi connectivity index (χ4n) is 2.45. The summed E-state index contributed by atoms with van der Waals surface area (Å²) in [6.45, 7) is 4.47. The molecule has 2 atom stereocenters. The molecule has 0 saturated carbocycles. The number of hydrazine groups is 1. The molecule has 106 valence electrons. The molecular weight excluding hydrogens is 245 g/mol. The molecule has 4 nitrogen and oxygen atoms in total. The summed E-state index contributed by atoms with van der Waals surface area (Å²) in [5, 5.41) is 0. The Morgan fingerprint density at radius 2 is 2.37 bits per heavy atom. The van der Waals surface area contributed by atoms with Gasteiger partial charge in [0, 0.05) is 13.1 Å². The highest BCUT2D eigenvalue weighted by atomic mass is 19.1. The van der Waals surface area contributed by atoms with Crippen molar-refractivity contribution in [1.82, 2.24) is 10.3 Å². The zero-order valence-electron chi connectivity index (χ0n) is 11.5. The van der Waals surface area contributed by atoms with Crippen LogP contribution in [0.2, 0.25) is 0 Å². The lowest BCUT2D eigenvalue weighted by molar-refractivity contribution is -0.0384. The molecular formula is C14H22FN3O. The average Bonchev–Trinajstić information content (AvgIpc) is 2.39. The first-order valence-electron chi connectivity index (χ1n) is 6.61. The smallest absolute Gasteiger partial charge is 0.123 e. The molecule has 19 heavy (non-hydrogen) atoms. The third kappa shape index (κ3) is 3.73. The Balaban J connectivity index is 2.07. The predicted molar refractivity (Wildman–Crippen MR) is 73.2 cm³/mol. The summed E-state index contributed by atoms with van der Waals surface area (Å²) >= 11 is 0. The van der Waals surface area contributed by atoms with Crippen molar-refractivity contribution in [2.45, 2.75) is 25.5 Å². The van der Waals surface area contributed by atoms with Crippen molar-refractivity contribution < 1.29 is 9.13 Å². The van der Waals surface area contributed by atoms with Crippen molar-refractivity contribution in [2.75, 3.05) is 26.7 Å². The first-order chi connectivity index (χ1) is 9.10. The van der Waals surface area contributed by atoms with Crippen LogP contribution in [-0.4, -0.2) is 43.8 Å². The molecule has 3 N–H and O–H groups in total. The van der Waals surface area contributed by atoms with Gasteiger partial charge in [0.25, 0.3) is 0 Å². The second-order valence-corrected chi connectivity index (χ2v) is 5.22. The van der Waals surface area contributed by atoms with Gasteiger partial charge in [0.1, 0.15) is 5.82 Å². The lowest BCUT2D eigenvalue weighted by atomic mass is 9.97. The second-order valence-electron chi connectivity index (χ2n) is 5.22. The highest BCUT2D eigenvalue weighted by Gasteiger charge is 2.26. The van der Waals surface area contributed by atoms with E-state index >= 15 is 0 Å². The minimum absolute atomic E-state index is 0.0109. The summed E-state index contributed by atoms with van der Waals surface area (Å²) in [4.78, 5) is 2.22. The van der Waals surface area contributed by atoms with Gasteiger partial charge in [0.15, 0.2) is 0 Å². The molecule has 0 radical (unpaired) electrons. The van der Waals surface area contributed by atoms with Gasteiger partial charge in [-0.25, -0.2) is 4.39 Å². The molecule has 1 aromatic carbocycles. The number of halogens is 1. The number of aryl methyl sites for hydroxylation is 1. The van der Waals surface area contributed by atoms with E-state index in [9.17, 15) is 4.39 Å². The van der Waals surface area contributed by atoms with Gasteiger partial charge in [-0.1, -0.05) is 6.07 Å². The van der Waals surface area contributed by atoms with Gasteiger partial charge in [-0.3, -0.25) is 11.3 Å². The first kappa shape index (κ1) is 14.4. The van der Waals surface area contributed by atoms with E-state index in [1.165, 1.54) is 6.07 Å². The molecule has 1 aliphatic rings. The lowest BCUT2D eigenvalue weighted by Crippen LogP contribution is -2.54. The van der Waals surface area contributed by atoms with E-state index < -0.39 is 0 Å².